The van der Waals surface area contributed by atoms with Crippen LogP contribution in [-0.4, -0.2) is 16.6 Å². The molecule has 1 heterocycles. The molecule has 1 aliphatic heterocycles. The van der Waals surface area contributed by atoms with E-state index in [2.05, 4.69) is 5.32 Å². The molecule has 0 spiro atoms. The number of nitrogens with one attached hydrogen (secondary N) is 1. The van der Waals surface area contributed by atoms with Gasteiger partial charge < -0.3 is 10.4 Å². The molecule has 1 aromatic rings. The molecule has 2 N–H and O–H groups in total. The molecule has 2 rings (SSSR count). The predicted molar refractivity (Wildman–Crippen MR) is 58.2 cm³/mol. The predicted octanol–water partition coefficient (Wildman–Crippen LogP) is 1.86. The average Bonchev–Trinajstić information content (AvgIpc) is 2.64. The highest BCUT2D eigenvalue weighted by Gasteiger charge is 2.37. The van der Waals surface area contributed by atoms with Gasteiger partial charge in [0.2, 0.25) is 0 Å². The minimum Gasteiger partial charge on any atom is -0.480 e. The van der Waals surface area contributed by atoms with E-state index in [1.165, 1.54) is 0 Å². The molecule has 3 nitrogen and oxygen atoms in total. The first kappa shape index (κ1) is 9.77. The van der Waals surface area contributed by atoms with E-state index in [0.29, 0.717) is 6.42 Å². The second kappa shape index (κ2) is 3.42. The van der Waals surface area contributed by atoms with Crippen LogP contribution in [0.4, 0.5) is 0 Å². The van der Waals surface area contributed by atoms with Crippen LogP contribution in [-0.2, 0) is 4.79 Å². The quantitative estimate of drug-likeness (QED) is 0.771. The highest BCUT2D eigenvalue weighted by Crippen LogP contribution is 2.30. The lowest BCUT2D eigenvalue weighted by Gasteiger charge is -2.19. The number of carboxylic acid groups (broad SMARTS) is 1. The molecule has 0 saturated heterocycles. The fourth-order valence-corrected chi connectivity index (χ4v) is 1.70. The Labute approximate surface area is 88.4 Å². The summed E-state index contributed by atoms with van der Waals surface area (Å²) in [6.07, 6.45) is 2.32. The number of rotatable bonds is 2. The van der Waals surface area contributed by atoms with Gasteiger partial charge in [0.05, 0.1) is 0 Å². The summed E-state index contributed by atoms with van der Waals surface area (Å²) in [6.45, 7) is 1.70. The highest BCUT2D eigenvalue weighted by atomic mass is 16.4. The zero-order chi connectivity index (χ0) is 10.9. The van der Waals surface area contributed by atoms with Crippen molar-refractivity contribution in [1.82, 2.24) is 5.32 Å². The van der Waals surface area contributed by atoms with Crippen molar-refractivity contribution >= 4 is 11.5 Å². The van der Waals surface area contributed by atoms with Crippen LogP contribution in [0.2, 0.25) is 0 Å². The van der Waals surface area contributed by atoms with Crippen LogP contribution in [0, 0.1) is 0 Å². The van der Waals surface area contributed by atoms with E-state index in [-0.39, 0.29) is 0 Å². The second-order valence-electron chi connectivity index (χ2n) is 3.99. The van der Waals surface area contributed by atoms with Crippen LogP contribution < -0.4 is 5.32 Å². The van der Waals surface area contributed by atoms with Crippen LogP contribution in [0.25, 0.3) is 5.57 Å². The number of carboxylic acids is 1. The Morgan fingerprint density at radius 2 is 2.07 bits per heavy atom. The van der Waals surface area contributed by atoms with Gasteiger partial charge in [-0.15, -0.1) is 0 Å². The van der Waals surface area contributed by atoms with Crippen molar-refractivity contribution in [3.63, 3.8) is 0 Å². The molecule has 0 saturated carbocycles. The van der Waals surface area contributed by atoms with Gasteiger partial charge in [-0.1, -0.05) is 30.3 Å². The van der Waals surface area contributed by atoms with E-state index >= 15 is 0 Å². The minimum absolute atomic E-state index is 0.520. The maximum absolute atomic E-state index is 11.0. The molecule has 0 amide bonds. The number of aliphatic carboxylic acids is 1. The molecule has 78 valence electrons. The number of carbonyl (C=O) groups is 1. The van der Waals surface area contributed by atoms with Crippen molar-refractivity contribution < 1.29 is 9.90 Å². The minimum atomic E-state index is -0.856. The number of benzene rings is 1. The molecule has 3 heteroatoms. The van der Waals surface area contributed by atoms with E-state index in [1.807, 2.05) is 30.3 Å². The zero-order valence-corrected chi connectivity index (χ0v) is 8.53. The maximum atomic E-state index is 11.0. The molecule has 0 bridgehead atoms. The first-order valence-corrected chi connectivity index (χ1v) is 4.87. The van der Waals surface area contributed by atoms with Crippen LogP contribution in [0.3, 0.4) is 0 Å². The molecule has 0 fully saturated rings. The molecule has 15 heavy (non-hydrogen) atoms. The van der Waals surface area contributed by atoms with E-state index in [1.54, 1.807) is 13.1 Å². The summed E-state index contributed by atoms with van der Waals surface area (Å²) in [6, 6.07) is 9.82. The van der Waals surface area contributed by atoms with Gasteiger partial charge in [-0.2, -0.15) is 0 Å². The van der Waals surface area contributed by atoms with Crippen molar-refractivity contribution in [1.29, 1.82) is 0 Å². The standard InChI is InChI=1S/C12H13NO2/c1-12(11(14)15)7-10(8-13-12)9-5-3-2-4-6-9/h2-6,8,13H,7H2,1H3,(H,14,15). The molecule has 1 aromatic carbocycles. The summed E-state index contributed by atoms with van der Waals surface area (Å²) in [5.41, 5.74) is 1.26. The van der Waals surface area contributed by atoms with Crippen molar-refractivity contribution in [2.45, 2.75) is 18.9 Å². The first-order chi connectivity index (χ1) is 7.12. The zero-order valence-electron chi connectivity index (χ0n) is 8.53. The highest BCUT2D eigenvalue weighted by molar-refractivity contribution is 5.85. The third kappa shape index (κ3) is 1.73. The molecule has 0 aliphatic carbocycles. The molecule has 1 aliphatic rings. The smallest absolute Gasteiger partial charge is 0.329 e. The first-order valence-electron chi connectivity index (χ1n) is 4.87. The van der Waals surface area contributed by atoms with E-state index < -0.39 is 11.5 Å². The summed E-state index contributed by atoms with van der Waals surface area (Å²) < 4.78 is 0. The van der Waals surface area contributed by atoms with Gasteiger partial charge >= 0.3 is 5.97 Å². The monoisotopic (exact) mass is 203 g/mol. The molecule has 1 unspecified atom stereocenters. The van der Waals surface area contributed by atoms with E-state index in [0.717, 1.165) is 11.1 Å². The molecule has 0 radical (unpaired) electrons. The van der Waals surface area contributed by atoms with Gasteiger partial charge in [0.15, 0.2) is 0 Å². The lowest BCUT2D eigenvalue weighted by atomic mass is 9.94. The third-order valence-electron chi connectivity index (χ3n) is 2.73. The Morgan fingerprint density at radius 1 is 1.40 bits per heavy atom. The third-order valence-corrected chi connectivity index (χ3v) is 2.73. The lowest BCUT2D eigenvalue weighted by molar-refractivity contribution is -0.143. The summed E-state index contributed by atoms with van der Waals surface area (Å²) in [7, 11) is 0. The largest absolute Gasteiger partial charge is 0.480 e. The normalized spacial score (nSPS) is 24.5. The lowest BCUT2D eigenvalue weighted by Crippen LogP contribution is -2.43. The Kier molecular flexibility index (Phi) is 2.23. The molecular weight excluding hydrogens is 190 g/mol. The Hall–Kier alpha value is -1.77. The second-order valence-corrected chi connectivity index (χ2v) is 3.99. The summed E-state index contributed by atoms with van der Waals surface area (Å²) in [5.74, 6) is -0.815. The van der Waals surface area contributed by atoms with Crippen LogP contribution in [0.1, 0.15) is 18.9 Å². The van der Waals surface area contributed by atoms with Gasteiger partial charge in [0.25, 0.3) is 0 Å². The van der Waals surface area contributed by atoms with E-state index in [9.17, 15) is 4.79 Å². The topological polar surface area (TPSA) is 49.3 Å². The summed E-state index contributed by atoms with van der Waals surface area (Å²) in [5, 5.41) is 12.0. The van der Waals surface area contributed by atoms with Gasteiger partial charge in [-0.05, 0) is 18.1 Å². The Balaban J connectivity index is 2.21. The van der Waals surface area contributed by atoms with Crippen LogP contribution in [0.5, 0.6) is 0 Å². The Morgan fingerprint density at radius 3 is 2.60 bits per heavy atom. The molecule has 1 atom stereocenters. The fraction of sp³-hybridized carbons (Fsp3) is 0.250. The summed E-state index contributed by atoms with van der Waals surface area (Å²) in [4.78, 5) is 11.0. The SMILES string of the molecule is CC1(C(=O)O)CC(c2ccccc2)=CN1. The van der Waals surface area contributed by atoms with Gasteiger partial charge in [-0.25, -0.2) is 4.79 Å². The summed E-state index contributed by atoms with van der Waals surface area (Å²) >= 11 is 0. The Bertz CT molecular complexity index is 411. The maximum Gasteiger partial charge on any atom is 0.329 e. The molecular formula is C12H13NO2. The van der Waals surface area contributed by atoms with Gasteiger partial charge in [0, 0.05) is 12.6 Å². The van der Waals surface area contributed by atoms with Crippen molar-refractivity contribution in [2.75, 3.05) is 0 Å². The number of hydrogen-bond donors (Lipinski definition) is 2. The van der Waals surface area contributed by atoms with Crippen molar-refractivity contribution in [3.8, 4) is 0 Å². The van der Waals surface area contributed by atoms with Crippen LogP contribution in [0.15, 0.2) is 36.5 Å². The number of hydrogen-bond acceptors (Lipinski definition) is 2. The average molecular weight is 203 g/mol. The van der Waals surface area contributed by atoms with Crippen molar-refractivity contribution in [2.24, 2.45) is 0 Å². The van der Waals surface area contributed by atoms with Gasteiger partial charge in [0.1, 0.15) is 5.54 Å². The van der Waals surface area contributed by atoms with Crippen molar-refractivity contribution in [3.05, 3.63) is 42.1 Å². The fourth-order valence-electron chi connectivity index (χ4n) is 1.70. The van der Waals surface area contributed by atoms with E-state index in [4.69, 9.17) is 5.11 Å². The van der Waals surface area contributed by atoms with Crippen LogP contribution >= 0.6 is 0 Å². The molecule has 0 aromatic heterocycles. The van der Waals surface area contributed by atoms with Gasteiger partial charge in [-0.3, -0.25) is 0 Å².